The van der Waals surface area contributed by atoms with Gasteiger partial charge < -0.3 is 5.32 Å². The van der Waals surface area contributed by atoms with Crippen molar-refractivity contribution in [2.75, 3.05) is 11.9 Å². The molecule has 1 heterocycles. The molecule has 1 atom stereocenters. The number of nitrogens with zero attached hydrogens (tertiary/aromatic N) is 1. The maximum absolute atomic E-state index is 12.9. The topological polar surface area (TPSA) is 66.5 Å². The Labute approximate surface area is 159 Å². The highest BCUT2D eigenvalue weighted by molar-refractivity contribution is 7.89. The highest BCUT2D eigenvalue weighted by Gasteiger charge is 2.39. The number of carbonyl (C=O) groups excluding carboxylic acids is 1. The Morgan fingerprint density at radius 1 is 1.15 bits per heavy atom. The highest BCUT2D eigenvalue weighted by Crippen LogP contribution is 2.28. The van der Waals surface area contributed by atoms with E-state index in [-0.39, 0.29) is 10.8 Å². The van der Waals surface area contributed by atoms with E-state index in [1.165, 1.54) is 28.6 Å². The van der Waals surface area contributed by atoms with Gasteiger partial charge >= 0.3 is 0 Å². The molecule has 1 amide bonds. The van der Waals surface area contributed by atoms with Gasteiger partial charge in [-0.15, -0.1) is 0 Å². The fourth-order valence-corrected chi connectivity index (χ4v) is 4.90. The molecule has 1 aliphatic heterocycles. The lowest BCUT2D eigenvalue weighted by atomic mass is 10.1. The summed E-state index contributed by atoms with van der Waals surface area (Å²) in [6.45, 7) is 4.18. The number of benzene rings is 2. The standard InChI is InChI=1S/C19H21ClN2O3S/c1-13-5-6-14(2)17(12-13)21-19(23)18-4-3-11-22(18)26(24,25)16-9-7-15(20)8-10-16/h5-10,12,18H,3-4,11H2,1-2H3,(H,21,23)/t18-/m1/s1. The summed E-state index contributed by atoms with van der Waals surface area (Å²) >= 11 is 5.85. The van der Waals surface area contributed by atoms with E-state index < -0.39 is 16.1 Å². The first-order valence-electron chi connectivity index (χ1n) is 8.44. The van der Waals surface area contributed by atoms with Crippen molar-refractivity contribution in [1.29, 1.82) is 0 Å². The molecular formula is C19H21ClN2O3S. The van der Waals surface area contributed by atoms with Crippen LogP contribution in [0.5, 0.6) is 0 Å². The van der Waals surface area contributed by atoms with Gasteiger partial charge in [-0.2, -0.15) is 4.31 Å². The van der Waals surface area contributed by atoms with Gasteiger partial charge in [-0.3, -0.25) is 4.79 Å². The van der Waals surface area contributed by atoms with E-state index in [0.717, 1.165) is 11.1 Å². The van der Waals surface area contributed by atoms with Crippen LogP contribution in [0.3, 0.4) is 0 Å². The van der Waals surface area contributed by atoms with Crippen molar-refractivity contribution in [2.24, 2.45) is 0 Å². The Morgan fingerprint density at radius 2 is 1.85 bits per heavy atom. The minimum Gasteiger partial charge on any atom is -0.324 e. The molecular weight excluding hydrogens is 372 g/mol. The minimum absolute atomic E-state index is 0.147. The van der Waals surface area contributed by atoms with Crippen molar-refractivity contribution in [3.05, 3.63) is 58.6 Å². The van der Waals surface area contributed by atoms with E-state index >= 15 is 0 Å². The van der Waals surface area contributed by atoms with Crippen LogP contribution in [0.1, 0.15) is 24.0 Å². The van der Waals surface area contributed by atoms with Crippen molar-refractivity contribution in [2.45, 2.75) is 37.6 Å². The van der Waals surface area contributed by atoms with E-state index in [1.807, 2.05) is 32.0 Å². The number of aryl methyl sites for hydroxylation is 2. The van der Waals surface area contributed by atoms with Crippen LogP contribution in [0, 0.1) is 13.8 Å². The summed E-state index contributed by atoms with van der Waals surface area (Å²) in [6.07, 6.45) is 1.15. The monoisotopic (exact) mass is 392 g/mol. The molecule has 1 fully saturated rings. The Kier molecular flexibility index (Phi) is 5.37. The Balaban J connectivity index is 1.84. The summed E-state index contributed by atoms with van der Waals surface area (Å²) in [4.78, 5) is 12.9. The van der Waals surface area contributed by atoms with Gasteiger partial charge in [0, 0.05) is 17.3 Å². The molecule has 0 aromatic heterocycles. The number of nitrogens with one attached hydrogen (secondary N) is 1. The Morgan fingerprint density at radius 3 is 2.54 bits per heavy atom. The molecule has 0 aliphatic carbocycles. The third kappa shape index (κ3) is 3.77. The van der Waals surface area contributed by atoms with Crippen LogP contribution in [0.15, 0.2) is 47.4 Å². The zero-order valence-corrected chi connectivity index (χ0v) is 16.3. The van der Waals surface area contributed by atoms with Gasteiger partial charge in [-0.05, 0) is 68.1 Å². The average Bonchev–Trinajstić information content (AvgIpc) is 3.09. The van der Waals surface area contributed by atoms with Crippen LogP contribution in [0.2, 0.25) is 5.02 Å². The maximum atomic E-state index is 12.9. The number of anilines is 1. The molecule has 26 heavy (non-hydrogen) atoms. The van der Waals surface area contributed by atoms with Crippen molar-refractivity contribution >= 4 is 33.2 Å². The Bertz CT molecular complexity index is 926. The molecule has 7 heteroatoms. The van der Waals surface area contributed by atoms with E-state index in [2.05, 4.69) is 5.32 Å². The van der Waals surface area contributed by atoms with E-state index in [0.29, 0.717) is 30.1 Å². The second-order valence-corrected chi connectivity index (χ2v) is 8.86. The summed E-state index contributed by atoms with van der Waals surface area (Å²) < 4.78 is 27.2. The van der Waals surface area contributed by atoms with Gasteiger partial charge in [0.1, 0.15) is 6.04 Å². The second kappa shape index (κ2) is 7.39. The second-order valence-electron chi connectivity index (χ2n) is 6.54. The van der Waals surface area contributed by atoms with Crippen LogP contribution in [0.25, 0.3) is 0 Å². The van der Waals surface area contributed by atoms with Crippen LogP contribution in [0.4, 0.5) is 5.69 Å². The number of carbonyl (C=O) groups is 1. The van der Waals surface area contributed by atoms with Gasteiger partial charge in [0.05, 0.1) is 4.90 Å². The lowest BCUT2D eigenvalue weighted by molar-refractivity contribution is -0.119. The number of hydrogen-bond donors (Lipinski definition) is 1. The first-order valence-corrected chi connectivity index (χ1v) is 10.3. The molecule has 0 radical (unpaired) electrons. The fraction of sp³-hybridized carbons (Fsp3) is 0.316. The molecule has 1 saturated heterocycles. The van der Waals surface area contributed by atoms with E-state index in [4.69, 9.17) is 11.6 Å². The quantitative estimate of drug-likeness (QED) is 0.861. The molecule has 1 N–H and O–H groups in total. The number of hydrogen-bond acceptors (Lipinski definition) is 3. The zero-order chi connectivity index (χ0) is 18.9. The van der Waals surface area contributed by atoms with Crippen LogP contribution in [-0.2, 0) is 14.8 Å². The van der Waals surface area contributed by atoms with Crippen LogP contribution >= 0.6 is 11.6 Å². The van der Waals surface area contributed by atoms with Crippen molar-refractivity contribution in [3.8, 4) is 0 Å². The molecule has 3 rings (SSSR count). The molecule has 0 bridgehead atoms. The summed E-state index contributed by atoms with van der Waals surface area (Å²) in [5.41, 5.74) is 2.68. The third-order valence-corrected chi connectivity index (χ3v) is 6.75. The number of sulfonamides is 1. The molecule has 2 aromatic carbocycles. The first kappa shape index (κ1) is 18.9. The van der Waals surface area contributed by atoms with Crippen molar-refractivity contribution in [3.63, 3.8) is 0 Å². The van der Waals surface area contributed by atoms with E-state index in [1.54, 1.807) is 0 Å². The van der Waals surface area contributed by atoms with E-state index in [9.17, 15) is 13.2 Å². The Hall–Kier alpha value is -1.89. The molecule has 1 aliphatic rings. The predicted molar refractivity (Wildman–Crippen MR) is 103 cm³/mol. The molecule has 138 valence electrons. The smallest absolute Gasteiger partial charge is 0.243 e. The SMILES string of the molecule is Cc1ccc(C)c(NC(=O)[C@H]2CCCN2S(=O)(=O)c2ccc(Cl)cc2)c1. The minimum atomic E-state index is -3.75. The van der Waals surface area contributed by atoms with Gasteiger partial charge in [-0.1, -0.05) is 23.7 Å². The lowest BCUT2D eigenvalue weighted by Gasteiger charge is -2.24. The lowest BCUT2D eigenvalue weighted by Crippen LogP contribution is -2.43. The summed E-state index contributed by atoms with van der Waals surface area (Å²) in [5, 5.41) is 3.36. The van der Waals surface area contributed by atoms with Gasteiger partial charge in [0.2, 0.25) is 15.9 Å². The zero-order valence-electron chi connectivity index (χ0n) is 14.7. The summed E-state index contributed by atoms with van der Waals surface area (Å²) in [5.74, 6) is -0.297. The highest BCUT2D eigenvalue weighted by atomic mass is 35.5. The van der Waals surface area contributed by atoms with Gasteiger partial charge in [0.25, 0.3) is 0 Å². The number of halogens is 1. The van der Waals surface area contributed by atoms with Crippen LogP contribution < -0.4 is 5.32 Å². The summed E-state index contributed by atoms with van der Waals surface area (Å²) in [6, 6.07) is 11.1. The largest absolute Gasteiger partial charge is 0.324 e. The van der Waals surface area contributed by atoms with Gasteiger partial charge in [0.15, 0.2) is 0 Å². The molecule has 5 nitrogen and oxygen atoms in total. The number of amides is 1. The first-order chi connectivity index (χ1) is 12.3. The predicted octanol–water partition coefficient (Wildman–Crippen LogP) is 3.75. The fourth-order valence-electron chi connectivity index (χ4n) is 3.12. The average molecular weight is 393 g/mol. The van der Waals surface area contributed by atoms with Crippen molar-refractivity contribution in [1.82, 2.24) is 4.31 Å². The third-order valence-electron chi connectivity index (χ3n) is 4.58. The van der Waals surface area contributed by atoms with Crippen molar-refractivity contribution < 1.29 is 13.2 Å². The molecule has 0 unspecified atom stereocenters. The van der Waals surface area contributed by atoms with Gasteiger partial charge in [-0.25, -0.2) is 8.42 Å². The number of rotatable bonds is 4. The molecule has 2 aromatic rings. The normalized spacial score (nSPS) is 18.0. The van der Waals surface area contributed by atoms with Crippen LogP contribution in [-0.4, -0.2) is 31.2 Å². The molecule has 0 saturated carbocycles. The summed E-state index contributed by atoms with van der Waals surface area (Å²) in [7, 11) is -3.75. The molecule has 0 spiro atoms. The maximum Gasteiger partial charge on any atom is 0.243 e.